The summed E-state index contributed by atoms with van der Waals surface area (Å²) in [5.41, 5.74) is 0. The first kappa shape index (κ1) is 73.8. The van der Waals surface area contributed by atoms with Crippen molar-refractivity contribution in [1.29, 1.82) is 0 Å². The molecule has 0 aromatic carbocycles. The molecule has 0 bridgehead atoms. The highest BCUT2D eigenvalue weighted by Gasteiger charge is 2.19. The van der Waals surface area contributed by atoms with E-state index in [4.69, 9.17) is 14.2 Å². The zero-order valence-electron chi connectivity index (χ0n) is 50.9. The van der Waals surface area contributed by atoms with Gasteiger partial charge in [0.05, 0.1) is 0 Å². The van der Waals surface area contributed by atoms with Gasteiger partial charge in [-0.1, -0.05) is 271 Å². The molecule has 1 unspecified atom stereocenters. The van der Waals surface area contributed by atoms with Crippen molar-refractivity contribution in [2.45, 2.75) is 303 Å². The minimum absolute atomic E-state index is 0.0880. The van der Waals surface area contributed by atoms with Crippen molar-refractivity contribution in [1.82, 2.24) is 0 Å². The molecule has 0 rings (SSSR count). The van der Waals surface area contributed by atoms with Crippen LogP contribution >= 0.6 is 0 Å². The number of hydrogen-bond acceptors (Lipinski definition) is 6. The third-order valence-electron chi connectivity index (χ3n) is 13.7. The van der Waals surface area contributed by atoms with Crippen LogP contribution in [0, 0.1) is 0 Å². The van der Waals surface area contributed by atoms with Gasteiger partial charge in [-0.3, -0.25) is 14.4 Å². The molecule has 0 heterocycles. The van der Waals surface area contributed by atoms with E-state index < -0.39 is 6.10 Å². The molecule has 0 aromatic rings. The van der Waals surface area contributed by atoms with Crippen molar-refractivity contribution < 1.29 is 28.6 Å². The van der Waals surface area contributed by atoms with Crippen molar-refractivity contribution in [2.24, 2.45) is 0 Å². The summed E-state index contributed by atoms with van der Waals surface area (Å²) in [6, 6.07) is 0. The zero-order chi connectivity index (χ0) is 56.4. The van der Waals surface area contributed by atoms with Gasteiger partial charge in [0.15, 0.2) is 6.10 Å². The highest BCUT2D eigenvalue weighted by molar-refractivity contribution is 5.71. The largest absolute Gasteiger partial charge is 0.462 e. The van der Waals surface area contributed by atoms with E-state index in [0.29, 0.717) is 19.3 Å². The molecule has 6 nitrogen and oxygen atoms in total. The molecule has 0 aromatic heterocycles. The van der Waals surface area contributed by atoms with Crippen LogP contribution in [0.2, 0.25) is 0 Å². The van der Waals surface area contributed by atoms with Gasteiger partial charge in [0.1, 0.15) is 13.2 Å². The Hall–Kier alpha value is -4.19. The van der Waals surface area contributed by atoms with Crippen molar-refractivity contribution >= 4 is 17.9 Å². The summed E-state index contributed by atoms with van der Waals surface area (Å²) in [7, 11) is 0. The van der Waals surface area contributed by atoms with Crippen molar-refractivity contribution in [3.05, 3.63) is 122 Å². The van der Waals surface area contributed by atoms with E-state index in [1.54, 1.807) is 0 Å². The average molecular weight is 1080 g/mol. The Morgan fingerprint density at radius 3 is 0.846 bits per heavy atom. The van der Waals surface area contributed by atoms with E-state index in [0.717, 1.165) is 141 Å². The Kier molecular flexibility index (Phi) is 61.8. The lowest BCUT2D eigenvalue weighted by molar-refractivity contribution is -0.167. The zero-order valence-corrected chi connectivity index (χ0v) is 50.9. The summed E-state index contributed by atoms with van der Waals surface area (Å²) in [4.78, 5) is 38.2. The lowest BCUT2D eigenvalue weighted by Gasteiger charge is -2.18. The molecule has 0 radical (unpaired) electrons. The quantitative estimate of drug-likeness (QED) is 0.0261. The SMILES string of the molecule is CC/C=C\C/C=C\C/C=C\C/C=C\C/C=C\C/C=C\CCCCCCCCCCCCCCC(=O)OCC(COC(=O)CCCCCCC/C=C\CCC)OC(=O)CCCCCCCC/C=C\C/C=C\C/C=C\CCCCC. The van der Waals surface area contributed by atoms with Gasteiger partial charge in [-0.15, -0.1) is 0 Å². The summed E-state index contributed by atoms with van der Waals surface area (Å²) in [5.74, 6) is -0.909. The highest BCUT2D eigenvalue weighted by Crippen LogP contribution is 2.16. The lowest BCUT2D eigenvalue weighted by atomic mass is 10.0. The summed E-state index contributed by atoms with van der Waals surface area (Å²) in [6.45, 7) is 6.43. The van der Waals surface area contributed by atoms with Crippen LogP contribution in [0.5, 0.6) is 0 Å². The first-order valence-corrected chi connectivity index (χ1v) is 32.5. The molecule has 0 aliphatic carbocycles. The first-order valence-electron chi connectivity index (χ1n) is 32.5. The second-order valence-electron chi connectivity index (χ2n) is 21.3. The number of allylic oxidation sites excluding steroid dienone is 20. The molecule has 0 spiro atoms. The molecule has 1 atom stereocenters. The van der Waals surface area contributed by atoms with Crippen LogP contribution in [-0.2, 0) is 28.6 Å². The van der Waals surface area contributed by atoms with Gasteiger partial charge in [0, 0.05) is 19.3 Å². The molecule has 444 valence electrons. The van der Waals surface area contributed by atoms with Gasteiger partial charge < -0.3 is 14.2 Å². The number of hydrogen-bond donors (Lipinski definition) is 0. The number of unbranched alkanes of at least 4 members (excludes halogenated alkanes) is 27. The molecule has 78 heavy (non-hydrogen) atoms. The van der Waals surface area contributed by atoms with Crippen LogP contribution in [0.1, 0.15) is 297 Å². The normalized spacial score (nSPS) is 12.9. The van der Waals surface area contributed by atoms with Gasteiger partial charge in [0.2, 0.25) is 0 Å². The van der Waals surface area contributed by atoms with E-state index >= 15 is 0 Å². The molecule has 0 N–H and O–H groups in total. The maximum absolute atomic E-state index is 12.9. The van der Waals surface area contributed by atoms with Crippen molar-refractivity contribution in [2.75, 3.05) is 13.2 Å². The minimum Gasteiger partial charge on any atom is -0.462 e. The van der Waals surface area contributed by atoms with Crippen LogP contribution in [0.3, 0.4) is 0 Å². The third kappa shape index (κ3) is 62.7. The van der Waals surface area contributed by atoms with Gasteiger partial charge in [-0.05, 0) is 128 Å². The fourth-order valence-electron chi connectivity index (χ4n) is 8.81. The second-order valence-corrected chi connectivity index (χ2v) is 21.3. The Morgan fingerprint density at radius 1 is 0.269 bits per heavy atom. The summed E-state index contributed by atoms with van der Waals surface area (Å²) < 4.78 is 16.9. The van der Waals surface area contributed by atoms with Gasteiger partial charge in [-0.2, -0.15) is 0 Å². The average Bonchev–Trinajstić information content (AvgIpc) is 3.44. The van der Waals surface area contributed by atoms with Gasteiger partial charge in [0.25, 0.3) is 0 Å². The first-order chi connectivity index (χ1) is 38.5. The Labute approximate surface area is 482 Å². The van der Waals surface area contributed by atoms with E-state index in [1.165, 1.54) is 116 Å². The molecule has 0 saturated heterocycles. The number of carbonyl (C=O) groups is 3. The van der Waals surface area contributed by atoms with Gasteiger partial charge in [-0.25, -0.2) is 0 Å². The lowest BCUT2D eigenvalue weighted by Crippen LogP contribution is -2.30. The molecule has 6 heteroatoms. The predicted molar refractivity (Wildman–Crippen MR) is 339 cm³/mol. The molecule has 0 saturated carbocycles. The fourth-order valence-corrected chi connectivity index (χ4v) is 8.81. The van der Waals surface area contributed by atoms with Crippen LogP contribution in [0.4, 0.5) is 0 Å². The highest BCUT2D eigenvalue weighted by atomic mass is 16.6. The Balaban J connectivity index is 4.23. The Morgan fingerprint density at radius 2 is 0.526 bits per heavy atom. The standard InChI is InChI=1S/C72H120O6/c1-4-7-10-13-16-19-22-24-26-28-30-31-32-33-34-35-36-37-38-39-40-41-43-44-46-48-50-53-56-59-62-65-71(74)77-68-69(67-76-70(73)64-61-58-55-52-21-18-15-12-9-6-3)78-72(75)66-63-60-57-54-51-49-47-45-42-29-27-25-23-20-17-14-11-8-5-2/h7,10,12,15-17,19-20,24-27,30-31,33-34,36-37,42,45,69H,4-6,8-9,11,13-14,18,21-23,28-29,32,35,38-41,43-44,46-68H2,1-3H3/b10-7-,15-12-,19-16-,20-17-,26-24-,27-25-,31-30-,34-33-,37-36-,45-42-. The fraction of sp³-hybridized carbons (Fsp3) is 0.681. The summed E-state index contributed by atoms with van der Waals surface area (Å²) in [6.07, 6.45) is 90.7. The van der Waals surface area contributed by atoms with Crippen LogP contribution < -0.4 is 0 Å². The molecular weight excluding hydrogens is 961 g/mol. The monoisotopic (exact) mass is 1080 g/mol. The molecule has 0 amide bonds. The van der Waals surface area contributed by atoms with Crippen molar-refractivity contribution in [3.8, 4) is 0 Å². The molecule has 0 aliphatic heterocycles. The van der Waals surface area contributed by atoms with Gasteiger partial charge >= 0.3 is 17.9 Å². The maximum Gasteiger partial charge on any atom is 0.306 e. The maximum atomic E-state index is 12.9. The van der Waals surface area contributed by atoms with Crippen LogP contribution in [-0.4, -0.2) is 37.2 Å². The van der Waals surface area contributed by atoms with E-state index in [1.807, 2.05) is 0 Å². The topological polar surface area (TPSA) is 78.9 Å². The van der Waals surface area contributed by atoms with Crippen LogP contribution in [0.15, 0.2) is 122 Å². The van der Waals surface area contributed by atoms with Crippen LogP contribution in [0.25, 0.3) is 0 Å². The molecular formula is C72H120O6. The molecule has 0 aliphatic rings. The molecule has 0 fully saturated rings. The van der Waals surface area contributed by atoms with Crippen molar-refractivity contribution in [3.63, 3.8) is 0 Å². The Bertz CT molecular complexity index is 1620. The predicted octanol–water partition coefficient (Wildman–Crippen LogP) is 22.4. The number of ether oxygens (including phenoxy) is 3. The summed E-state index contributed by atoms with van der Waals surface area (Å²) in [5, 5.41) is 0. The van der Waals surface area contributed by atoms with E-state index in [-0.39, 0.29) is 31.1 Å². The third-order valence-corrected chi connectivity index (χ3v) is 13.7. The minimum atomic E-state index is -0.791. The number of carbonyl (C=O) groups excluding carboxylic acids is 3. The van der Waals surface area contributed by atoms with E-state index in [9.17, 15) is 14.4 Å². The number of esters is 3. The second kappa shape index (κ2) is 65.3. The number of rotatable bonds is 58. The van der Waals surface area contributed by atoms with E-state index in [2.05, 4.69) is 142 Å². The smallest absolute Gasteiger partial charge is 0.306 e. The summed E-state index contributed by atoms with van der Waals surface area (Å²) >= 11 is 0.